The van der Waals surface area contributed by atoms with E-state index in [2.05, 4.69) is 0 Å². The molecule has 1 aromatic carbocycles. The monoisotopic (exact) mass is 705 g/mol. The Kier molecular flexibility index (Phi) is 11.9. The van der Waals surface area contributed by atoms with Crippen LogP contribution in [-0.4, -0.2) is 113 Å². The van der Waals surface area contributed by atoms with E-state index in [9.17, 15) is 24.5 Å². The molecule has 16 heteroatoms. The number of epoxide rings is 1. The average Bonchev–Trinajstić information content (AvgIpc) is 3.68. The van der Waals surface area contributed by atoms with Gasteiger partial charge in [0.15, 0.2) is 0 Å². The van der Waals surface area contributed by atoms with E-state index in [4.69, 9.17) is 42.6 Å². The van der Waals surface area contributed by atoms with Crippen molar-refractivity contribution < 1.29 is 61.9 Å². The molecule has 0 bridgehead atoms. The molecule has 0 amide bonds. The van der Waals surface area contributed by atoms with Gasteiger partial charge in [-0.25, -0.2) is 0 Å². The van der Waals surface area contributed by atoms with Crippen molar-refractivity contribution in [2.24, 2.45) is 5.92 Å². The molecule has 0 aliphatic carbocycles. The van der Waals surface area contributed by atoms with Crippen LogP contribution >= 0.6 is 0 Å². The van der Waals surface area contributed by atoms with Crippen molar-refractivity contribution in [3.63, 3.8) is 0 Å². The third kappa shape index (κ3) is 9.42. The summed E-state index contributed by atoms with van der Waals surface area (Å²) in [5.41, 5.74) is -0.0548. The van der Waals surface area contributed by atoms with Crippen LogP contribution in [0.5, 0.6) is 0 Å². The summed E-state index contributed by atoms with van der Waals surface area (Å²) in [6.07, 6.45) is -6.67. The second kappa shape index (κ2) is 15.3. The molecule has 3 aliphatic rings. The molecule has 4 rings (SSSR count). The van der Waals surface area contributed by atoms with Crippen LogP contribution in [0.25, 0.3) is 0 Å². The minimum absolute atomic E-state index is 0.0183. The van der Waals surface area contributed by atoms with Gasteiger partial charge in [-0.3, -0.25) is 0 Å². The van der Waals surface area contributed by atoms with Crippen molar-refractivity contribution in [1.82, 2.24) is 0 Å². The predicted molar refractivity (Wildman–Crippen MR) is 153 cm³/mol. The van der Waals surface area contributed by atoms with E-state index in [1.165, 1.54) is 33.9 Å². The number of benzene rings is 1. The Labute approximate surface area is 266 Å². The number of esters is 3. The molecule has 1 aromatic rings. The van der Waals surface area contributed by atoms with Crippen LogP contribution in [-0.2, 0) is 57.0 Å². The van der Waals surface area contributed by atoms with Crippen molar-refractivity contribution in [2.45, 2.75) is 101 Å². The molecule has 3 saturated heterocycles. The van der Waals surface area contributed by atoms with Gasteiger partial charge >= 0.3 is 267 Å². The second-order valence-corrected chi connectivity index (χ2v) is 13.5. The molecule has 3 aliphatic heterocycles. The number of hydrogen-bond acceptors (Lipinski definition) is 14. The van der Waals surface area contributed by atoms with E-state index in [1.54, 1.807) is 32.0 Å². The second-order valence-electron chi connectivity index (χ2n) is 11.3. The van der Waals surface area contributed by atoms with Gasteiger partial charge in [-0.15, -0.1) is 0 Å². The van der Waals surface area contributed by atoms with E-state index in [-0.39, 0.29) is 24.2 Å². The molecule has 15 nitrogen and oxygen atoms in total. The number of nitro benzene ring substituents is 1. The van der Waals surface area contributed by atoms with Crippen molar-refractivity contribution >= 4 is 43.0 Å². The Balaban J connectivity index is 1.72. The van der Waals surface area contributed by atoms with E-state index in [1.807, 2.05) is 0 Å². The fraction of sp³-hybridized carbons (Fsp3) is 0.690. The van der Waals surface area contributed by atoms with Crippen LogP contribution in [0.1, 0.15) is 41.0 Å². The topological polar surface area (TPSA) is 181 Å². The Hall–Kier alpha value is -2.69. The number of para-hydroxylation sites is 1. The number of fused-ring (bicyclic) bond motifs is 1. The van der Waals surface area contributed by atoms with Gasteiger partial charge in [0.05, 0.1) is 0 Å². The molecule has 0 saturated carbocycles. The summed E-state index contributed by atoms with van der Waals surface area (Å²) >= 11 is -0.570. The molecular weight excluding hydrogens is 665 g/mol. The summed E-state index contributed by atoms with van der Waals surface area (Å²) in [6, 6.07) is 6.35. The van der Waals surface area contributed by atoms with Crippen LogP contribution in [0.4, 0.5) is 5.69 Å². The Morgan fingerprint density at radius 3 is 2.38 bits per heavy atom. The molecule has 0 aromatic heterocycles. The molecule has 9 atom stereocenters. The normalized spacial score (nSPS) is 27.5. The number of ether oxygens (including phenoxy) is 9. The van der Waals surface area contributed by atoms with E-state index in [0.29, 0.717) is 11.1 Å². The Morgan fingerprint density at radius 1 is 1.09 bits per heavy atom. The standard InChI is InChI=1S/C29H39NO14Se/c1-15(31)39-20(11-21-26(41-17(3)33)27-28(42-21)44-29(4,5)43-27)18(13-45-23-10-8-7-9-19(23)30(34)35)24(40-16(2)32)25(22-12-37-22)38-14-36-6/h7-10,18,20-22,24-28H,11-14H2,1-6H3/t18-,20+,21+,22-,24+,25+,26-,27+,28+/m0/s1. The third-order valence-electron chi connectivity index (χ3n) is 7.29. The summed E-state index contributed by atoms with van der Waals surface area (Å²) in [6.45, 7) is 7.35. The molecule has 0 unspecified atom stereocenters. The zero-order chi connectivity index (χ0) is 32.9. The summed E-state index contributed by atoms with van der Waals surface area (Å²) in [7, 11) is 1.44. The van der Waals surface area contributed by atoms with Gasteiger partial charge in [0.2, 0.25) is 0 Å². The molecule has 0 spiro atoms. The average molecular weight is 705 g/mol. The van der Waals surface area contributed by atoms with Gasteiger partial charge in [-0.1, -0.05) is 0 Å². The number of hydrogen-bond donors (Lipinski definition) is 0. The molecular formula is C29H39NO14Se. The summed E-state index contributed by atoms with van der Waals surface area (Å²) in [5, 5.41) is 12.0. The molecule has 250 valence electrons. The Bertz CT molecular complexity index is 1230. The first kappa shape index (κ1) is 35.2. The molecule has 45 heavy (non-hydrogen) atoms. The summed E-state index contributed by atoms with van der Waals surface area (Å²) in [4.78, 5) is 48.5. The fourth-order valence-electron chi connectivity index (χ4n) is 5.55. The maximum atomic E-state index is 12.6. The number of nitrogens with zero attached hydrogens (tertiary/aromatic N) is 1. The van der Waals surface area contributed by atoms with Crippen LogP contribution < -0.4 is 4.46 Å². The van der Waals surface area contributed by atoms with Crippen molar-refractivity contribution in [1.29, 1.82) is 0 Å². The SMILES string of the molecule is COCO[C@@H]([C@H](OC(C)=O)[C@@H](C[Se]c1ccccc1[N+](=O)[O-])[C@@H](C[C@H]1O[C@@H]2OC(C)(C)O[C@@H]2[C@H]1OC(C)=O)OC(C)=O)[C@@H]1CO1. The zero-order valence-corrected chi connectivity index (χ0v) is 27.6. The number of rotatable bonds is 16. The van der Waals surface area contributed by atoms with E-state index >= 15 is 0 Å². The van der Waals surface area contributed by atoms with Gasteiger partial charge in [0.25, 0.3) is 0 Å². The van der Waals surface area contributed by atoms with Crippen LogP contribution in [0.3, 0.4) is 0 Å². The number of methoxy groups -OCH3 is 1. The number of carbonyl (C=O) groups is 3. The number of carbonyl (C=O) groups excluding carboxylic acids is 3. The first-order valence-electron chi connectivity index (χ1n) is 14.4. The van der Waals surface area contributed by atoms with Gasteiger partial charge in [0.1, 0.15) is 0 Å². The molecule has 3 fully saturated rings. The minimum atomic E-state index is -1.03. The van der Waals surface area contributed by atoms with Crippen molar-refractivity contribution in [2.75, 3.05) is 20.5 Å². The molecule has 3 heterocycles. The van der Waals surface area contributed by atoms with Crippen LogP contribution in [0, 0.1) is 16.0 Å². The predicted octanol–water partition coefficient (Wildman–Crippen LogP) is 1.41. The van der Waals surface area contributed by atoms with E-state index in [0.717, 1.165) is 0 Å². The van der Waals surface area contributed by atoms with Gasteiger partial charge in [-0.2, -0.15) is 0 Å². The van der Waals surface area contributed by atoms with Crippen molar-refractivity contribution in [3.8, 4) is 0 Å². The molecule has 0 N–H and O–H groups in total. The van der Waals surface area contributed by atoms with Crippen molar-refractivity contribution in [3.05, 3.63) is 34.4 Å². The molecule has 0 radical (unpaired) electrons. The summed E-state index contributed by atoms with van der Waals surface area (Å²) in [5.74, 6) is -3.58. The number of nitro groups is 1. The maximum absolute atomic E-state index is 12.6. The quantitative estimate of drug-likeness (QED) is 0.0458. The van der Waals surface area contributed by atoms with Crippen LogP contribution in [0.15, 0.2) is 24.3 Å². The third-order valence-corrected chi connectivity index (χ3v) is 9.83. The van der Waals surface area contributed by atoms with Crippen LogP contribution in [0.2, 0.25) is 5.32 Å². The van der Waals surface area contributed by atoms with E-state index < -0.39 is 98.5 Å². The zero-order valence-electron chi connectivity index (χ0n) is 25.9. The first-order chi connectivity index (χ1) is 21.3. The summed E-state index contributed by atoms with van der Waals surface area (Å²) < 4.78 is 52.5. The Morgan fingerprint density at radius 2 is 1.78 bits per heavy atom. The van der Waals surface area contributed by atoms with Gasteiger partial charge < -0.3 is 0 Å². The fourth-order valence-corrected chi connectivity index (χ4v) is 8.15. The first-order valence-corrected chi connectivity index (χ1v) is 16.5. The van der Waals surface area contributed by atoms with Gasteiger partial charge in [-0.05, 0) is 0 Å². The van der Waals surface area contributed by atoms with Gasteiger partial charge in [0, 0.05) is 0 Å².